The molecule has 0 bridgehead atoms. The Morgan fingerprint density at radius 2 is 1.93 bits per heavy atom. The number of nitrogens with zero attached hydrogens (tertiary/aromatic N) is 1. The molecule has 0 unspecified atom stereocenters. The second kappa shape index (κ2) is 8.30. The van der Waals surface area contributed by atoms with E-state index in [9.17, 15) is 14.7 Å². The molecule has 0 spiro atoms. The third kappa shape index (κ3) is 3.95. The summed E-state index contributed by atoms with van der Waals surface area (Å²) in [7, 11) is 3.19. The topological polar surface area (TPSA) is 76.1 Å². The van der Waals surface area contributed by atoms with Gasteiger partial charge in [0.2, 0.25) is 0 Å². The van der Waals surface area contributed by atoms with Gasteiger partial charge in [-0.1, -0.05) is 0 Å². The van der Waals surface area contributed by atoms with Crippen molar-refractivity contribution >= 4 is 11.9 Å². The number of piperidine rings is 1. The number of amides is 1. The lowest BCUT2D eigenvalue weighted by atomic mass is 9.76. The second-order valence-corrected chi connectivity index (χ2v) is 7.69. The Bertz CT molecular complexity index is 717. The quantitative estimate of drug-likeness (QED) is 0.742. The number of carbonyl (C=O) groups excluding carboxylic acids is 1. The first-order valence-corrected chi connectivity index (χ1v) is 9.72. The van der Waals surface area contributed by atoms with Crippen LogP contribution in [0.15, 0.2) is 12.1 Å². The highest BCUT2D eigenvalue weighted by atomic mass is 16.5. The number of aryl methyl sites for hydroxylation is 2. The Hall–Kier alpha value is -2.08. The maximum Gasteiger partial charge on any atom is 0.311 e. The van der Waals surface area contributed by atoms with Gasteiger partial charge in [-0.25, -0.2) is 0 Å². The van der Waals surface area contributed by atoms with Crippen LogP contribution in [0.3, 0.4) is 0 Å². The van der Waals surface area contributed by atoms with Gasteiger partial charge in [0.25, 0.3) is 5.91 Å². The predicted molar refractivity (Wildman–Crippen MR) is 101 cm³/mol. The van der Waals surface area contributed by atoms with Crippen molar-refractivity contribution in [1.82, 2.24) is 4.90 Å². The average molecular weight is 375 g/mol. The third-order valence-electron chi connectivity index (χ3n) is 5.97. The molecular formula is C21H29NO5. The highest BCUT2D eigenvalue weighted by Crippen LogP contribution is 2.37. The van der Waals surface area contributed by atoms with Gasteiger partial charge < -0.3 is 19.5 Å². The number of hydrogen-bond acceptors (Lipinski definition) is 4. The summed E-state index contributed by atoms with van der Waals surface area (Å²) in [5, 5.41) is 9.88. The number of rotatable bonds is 7. The summed E-state index contributed by atoms with van der Waals surface area (Å²) >= 11 is 0. The van der Waals surface area contributed by atoms with Crippen molar-refractivity contribution in [2.24, 2.45) is 5.41 Å². The van der Waals surface area contributed by atoms with Gasteiger partial charge in [0.15, 0.2) is 0 Å². The summed E-state index contributed by atoms with van der Waals surface area (Å²) in [6, 6.07) is 3.92. The number of carbonyl (C=O) groups is 2. The summed E-state index contributed by atoms with van der Waals surface area (Å²) < 4.78 is 10.6. The van der Waals surface area contributed by atoms with Crippen LogP contribution in [0.2, 0.25) is 0 Å². The first kappa shape index (κ1) is 19.7. The SMILES string of the molecule is COCCC[C@]1(C(=O)O)CCCN(C(=O)c2cc3c(cc2OC)CCC3)C1. The molecular weight excluding hydrogens is 346 g/mol. The minimum absolute atomic E-state index is 0.126. The number of fused-ring (bicyclic) bond motifs is 1. The Kier molecular flexibility index (Phi) is 6.05. The van der Waals surface area contributed by atoms with E-state index < -0.39 is 11.4 Å². The highest BCUT2D eigenvalue weighted by Gasteiger charge is 2.43. The second-order valence-electron chi connectivity index (χ2n) is 7.69. The molecule has 1 aromatic rings. The minimum Gasteiger partial charge on any atom is -0.496 e. The number of benzene rings is 1. The molecule has 1 fully saturated rings. The van der Waals surface area contributed by atoms with Crippen LogP contribution in [0.4, 0.5) is 0 Å². The number of methoxy groups -OCH3 is 2. The zero-order chi connectivity index (χ0) is 19.4. The molecule has 1 aromatic carbocycles. The molecule has 0 aromatic heterocycles. The van der Waals surface area contributed by atoms with Crippen molar-refractivity contribution in [3.05, 3.63) is 28.8 Å². The molecule has 6 heteroatoms. The summed E-state index contributed by atoms with van der Waals surface area (Å²) in [6.07, 6.45) is 5.58. The maximum absolute atomic E-state index is 13.2. The summed E-state index contributed by atoms with van der Waals surface area (Å²) in [5.41, 5.74) is 2.12. The molecule has 1 N–H and O–H groups in total. The standard InChI is InChI=1S/C21H29NO5/c1-26-11-5-9-21(20(24)25)8-4-10-22(14-21)19(23)17-12-15-6-3-7-16(15)13-18(17)27-2/h12-13H,3-11,14H2,1-2H3,(H,24,25)/t21-/m1/s1. The minimum atomic E-state index is -0.892. The van der Waals surface area contributed by atoms with Crippen LogP contribution in [0.1, 0.15) is 53.6 Å². The monoisotopic (exact) mass is 375 g/mol. The molecule has 1 aliphatic heterocycles. The van der Waals surface area contributed by atoms with Crippen LogP contribution in [-0.2, 0) is 22.4 Å². The Morgan fingerprint density at radius 3 is 2.59 bits per heavy atom. The van der Waals surface area contributed by atoms with Crippen LogP contribution >= 0.6 is 0 Å². The van der Waals surface area contributed by atoms with E-state index in [0.29, 0.717) is 50.1 Å². The lowest BCUT2D eigenvalue weighted by Crippen LogP contribution is -2.50. The van der Waals surface area contributed by atoms with Crippen molar-refractivity contribution in [1.29, 1.82) is 0 Å². The van der Waals surface area contributed by atoms with Crippen molar-refractivity contribution in [3.63, 3.8) is 0 Å². The lowest BCUT2D eigenvalue weighted by Gasteiger charge is -2.40. The normalized spacial score (nSPS) is 21.8. The van der Waals surface area contributed by atoms with E-state index in [0.717, 1.165) is 19.3 Å². The van der Waals surface area contributed by atoms with Gasteiger partial charge in [0.1, 0.15) is 5.75 Å². The van der Waals surface area contributed by atoms with E-state index in [1.165, 1.54) is 11.1 Å². The largest absolute Gasteiger partial charge is 0.496 e. The molecule has 27 heavy (non-hydrogen) atoms. The highest BCUT2D eigenvalue weighted by molar-refractivity contribution is 5.98. The number of likely N-dealkylation sites (tertiary alicyclic amines) is 1. The van der Waals surface area contributed by atoms with E-state index >= 15 is 0 Å². The smallest absolute Gasteiger partial charge is 0.311 e. The molecule has 2 aliphatic rings. The van der Waals surface area contributed by atoms with E-state index in [4.69, 9.17) is 9.47 Å². The molecule has 1 atom stereocenters. The molecule has 1 aliphatic carbocycles. The molecule has 1 heterocycles. The number of ether oxygens (including phenoxy) is 2. The maximum atomic E-state index is 13.2. The summed E-state index contributed by atoms with van der Waals surface area (Å²) in [5.74, 6) is -0.359. The zero-order valence-electron chi connectivity index (χ0n) is 16.3. The fourth-order valence-electron chi connectivity index (χ4n) is 4.45. The summed E-state index contributed by atoms with van der Waals surface area (Å²) in [6.45, 7) is 1.35. The molecule has 1 amide bonds. The number of aliphatic carboxylic acids is 1. The molecule has 0 radical (unpaired) electrons. The van der Waals surface area contributed by atoms with E-state index in [1.807, 2.05) is 12.1 Å². The lowest BCUT2D eigenvalue weighted by molar-refractivity contribution is -0.152. The van der Waals surface area contributed by atoms with E-state index in [-0.39, 0.29) is 12.5 Å². The van der Waals surface area contributed by atoms with Gasteiger partial charge in [-0.05, 0) is 68.2 Å². The van der Waals surface area contributed by atoms with Crippen molar-refractivity contribution in [3.8, 4) is 5.75 Å². The molecule has 3 rings (SSSR count). The molecule has 6 nitrogen and oxygen atoms in total. The Balaban J connectivity index is 1.83. The van der Waals surface area contributed by atoms with E-state index in [1.54, 1.807) is 19.1 Å². The molecule has 1 saturated heterocycles. The van der Waals surface area contributed by atoms with Gasteiger partial charge in [-0.15, -0.1) is 0 Å². The van der Waals surface area contributed by atoms with Gasteiger partial charge in [0, 0.05) is 26.8 Å². The fourth-order valence-corrected chi connectivity index (χ4v) is 4.45. The van der Waals surface area contributed by atoms with E-state index in [2.05, 4.69) is 0 Å². The van der Waals surface area contributed by atoms with Crippen molar-refractivity contribution in [2.45, 2.75) is 44.9 Å². The van der Waals surface area contributed by atoms with Gasteiger partial charge >= 0.3 is 5.97 Å². The molecule has 148 valence electrons. The first-order valence-electron chi connectivity index (χ1n) is 9.72. The van der Waals surface area contributed by atoms with Crippen molar-refractivity contribution in [2.75, 3.05) is 33.9 Å². The average Bonchev–Trinajstić information content (AvgIpc) is 3.14. The molecule has 0 saturated carbocycles. The number of carboxylic acids is 1. The number of hydrogen-bond donors (Lipinski definition) is 1. The summed E-state index contributed by atoms with van der Waals surface area (Å²) in [4.78, 5) is 27.0. The fraction of sp³-hybridized carbons (Fsp3) is 0.619. The van der Waals surface area contributed by atoms with Crippen LogP contribution in [-0.4, -0.2) is 55.8 Å². The van der Waals surface area contributed by atoms with Crippen LogP contribution < -0.4 is 4.74 Å². The first-order chi connectivity index (χ1) is 13.0. The predicted octanol–water partition coefficient (Wildman–Crippen LogP) is 2.92. The van der Waals surface area contributed by atoms with Crippen molar-refractivity contribution < 1.29 is 24.2 Å². The Morgan fingerprint density at radius 1 is 1.19 bits per heavy atom. The van der Waals surface area contributed by atoms with Gasteiger partial charge in [-0.2, -0.15) is 0 Å². The van der Waals surface area contributed by atoms with Crippen LogP contribution in [0, 0.1) is 5.41 Å². The third-order valence-corrected chi connectivity index (χ3v) is 5.97. The zero-order valence-corrected chi connectivity index (χ0v) is 16.3. The van der Waals surface area contributed by atoms with Crippen LogP contribution in [0.25, 0.3) is 0 Å². The van der Waals surface area contributed by atoms with Crippen LogP contribution in [0.5, 0.6) is 5.75 Å². The van der Waals surface area contributed by atoms with Gasteiger partial charge in [-0.3, -0.25) is 9.59 Å². The Labute approximate surface area is 160 Å². The van der Waals surface area contributed by atoms with Gasteiger partial charge in [0.05, 0.1) is 18.1 Å². The number of carboxylic acid groups (broad SMARTS) is 1.